The average Bonchev–Trinajstić information content (AvgIpc) is 3.05. The van der Waals surface area contributed by atoms with Gasteiger partial charge < -0.3 is 9.26 Å². The van der Waals surface area contributed by atoms with E-state index in [4.69, 9.17) is 14.4 Å². The summed E-state index contributed by atoms with van der Waals surface area (Å²) < 4.78 is 35.4. The predicted molar refractivity (Wildman–Crippen MR) is 99.1 cm³/mol. The summed E-state index contributed by atoms with van der Waals surface area (Å²) in [4.78, 5) is -0.00520. The number of nitrogens with two attached hydrogens (primary N) is 1. The number of nitrogens with zero attached hydrogens (tertiary/aromatic N) is 1. The van der Waals surface area contributed by atoms with E-state index >= 15 is 0 Å². The van der Waals surface area contributed by atoms with Crippen LogP contribution >= 0.6 is 0 Å². The lowest BCUT2D eigenvalue weighted by Crippen LogP contribution is -2.14. The zero-order chi connectivity index (χ0) is 18.7. The van der Waals surface area contributed by atoms with Gasteiger partial charge in [-0.3, -0.25) is 0 Å². The van der Waals surface area contributed by atoms with E-state index in [0.717, 1.165) is 12.0 Å². The summed E-state index contributed by atoms with van der Waals surface area (Å²) in [6.45, 7) is 3.89. The van der Waals surface area contributed by atoms with Crippen molar-refractivity contribution in [2.24, 2.45) is 5.14 Å². The van der Waals surface area contributed by atoms with Gasteiger partial charge in [0.25, 0.3) is 0 Å². The minimum absolute atomic E-state index is 0.00520. The Balaban J connectivity index is 2.27. The molecule has 3 aromatic rings. The van der Waals surface area contributed by atoms with Gasteiger partial charge in [-0.2, -0.15) is 0 Å². The Bertz CT molecular complexity index is 997. The molecule has 0 bridgehead atoms. The molecule has 1 atom stereocenters. The van der Waals surface area contributed by atoms with Crippen molar-refractivity contribution in [2.75, 3.05) is 0 Å². The van der Waals surface area contributed by atoms with Crippen molar-refractivity contribution >= 4 is 10.0 Å². The SMILES string of the molecule is CCC(C)Oc1onc(-c2ccccc2)c1-c1ccccc1S(N)(=O)=O. The van der Waals surface area contributed by atoms with Crippen LogP contribution < -0.4 is 9.88 Å². The van der Waals surface area contributed by atoms with Gasteiger partial charge in [0.2, 0.25) is 10.0 Å². The standard InChI is InChI=1S/C19H20N2O4S/c1-3-13(2)24-19-17(15-11-7-8-12-16(15)26(20,22)23)18(21-25-19)14-9-5-4-6-10-14/h4-13H,3H2,1-2H3,(H2,20,22,23). The summed E-state index contributed by atoms with van der Waals surface area (Å²) >= 11 is 0. The first kappa shape index (κ1) is 18.2. The van der Waals surface area contributed by atoms with Crippen LogP contribution in [0.2, 0.25) is 0 Å². The summed E-state index contributed by atoms with van der Waals surface area (Å²) in [6, 6.07) is 15.8. The maximum atomic E-state index is 12.1. The molecule has 0 saturated heterocycles. The molecule has 7 heteroatoms. The number of rotatable bonds is 6. The molecule has 136 valence electrons. The van der Waals surface area contributed by atoms with Crippen LogP contribution in [0.3, 0.4) is 0 Å². The van der Waals surface area contributed by atoms with Crippen molar-refractivity contribution < 1.29 is 17.7 Å². The van der Waals surface area contributed by atoms with Crippen molar-refractivity contribution in [1.82, 2.24) is 5.16 Å². The van der Waals surface area contributed by atoms with Gasteiger partial charge in [-0.1, -0.05) is 60.6 Å². The molecule has 26 heavy (non-hydrogen) atoms. The van der Waals surface area contributed by atoms with Crippen LogP contribution in [0.15, 0.2) is 64.0 Å². The molecule has 0 fully saturated rings. The van der Waals surface area contributed by atoms with E-state index in [1.807, 2.05) is 44.2 Å². The monoisotopic (exact) mass is 372 g/mol. The molecule has 3 rings (SSSR count). The Kier molecular flexibility index (Phi) is 5.11. The Hall–Kier alpha value is -2.64. The van der Waals surface area contributed by atoms with E-state index < -0.39 is 10.0 Å². The largest absolute Gasteiger partial charge is 0.460 e. The van der Waals surface area contributed by atoms with Gasteiger partial charge >= 0.3 is 5.95 Å². The molecule has 1 heterocycles. The summed E-state index contributed by atoms with van der Waals surface area (Å²) in [5, 5.41) is 9.55. The lowest BCUT2D eigenvalue weighted by atomic mass is 10.0. The number of primary sulfonamides is 1. The molecule has 0 aliphatic heterocycles. The van der Waals surface area contributed by atoms with Gasteiger partial charge in [-0.05, 0) is 19.4 Å². The van der Waals surface area contributed by atoms with E-state index in [-0.39, 0.29) is 16.9 Å². The van der Waals surface area contributed by atoms with Crippen molar-refractivity contribution in [3.63, 3.8) is 0 Å². The van der Waals surface area contributed by atoms with Crippen LogP contribution in [0.1, 0.15) is 20.3 Å². The quantitative estimate of drug-likeness (QED) is 0.709. The first-order valence-corrected chi connectivity index (χ1v) is 9.80. The first-order valence-electron chi connectivity index (χ1n) is 8.25. The summed E-state index contributed by atoms with van der Waals surface area (Å²) in [7, 11) is -3.93. The zero-order valence-corrected chi connectivity index (χ0v) is 15.4. The molecule has 2 aromatic carbocycles. The Morgan fingerprint density at radius 2 is 1.77 bits per heavy atom. The Morgan fingerprint density at radius 1 is 1.12 bits per heavy atom. The maximum Gasteiger partial charge on any atom is 0.320 e. The van der Waals surface area contributed by atoms with Crippen LogP contribution in [-0.2, 0) is 10.0 Å². The predicted octanol–water partition coefficient (Wildman–Crippen LogP) is 3.83. The van der Waals surface area contributed by atoms with E-state index in [1.165, 1.54) is 6.07 Å². The number of hydrogen-bond acceptors (Lipinski definition) is 5. The lowest BCUT2D eigenvalue weighted by molar-refractivity contribution is 0.152. The number of benzene rings is 2. The van der Waals surface area contributed by atoms with Gasteiger partial charge in [0, 0.05) is 11.1 Å². The number of aromatic nitrogens is 1. The molecule has 1 aromatic heterocycles. The maximum absolute atomic E-state index is 12.1. The second kappa shape index (κ2) is 7.31. The Morgan fingerprint density at radius 3 is 2.42 bits per heavy atom. The smallest absolute Gasteiger partial charge is 0.320 e. The summed E-state index contributed by atoms with van der Waals surface area (Å²) in [6.07, 6.45) is 0.643. The minimum Gasteiger partial charge on any atom is -0.460 e. The fraction of sp³-hybridized carbons (Fsp3) is 0.211. The van der Waals surface area contributed by atoms with Crippen molar-refractivity contribution in [3.8, 4) is 28.3 Å². The zero-order valence-electron chi connectivity index (χ0n) is 14.5. The van der Waals surface area contributed by atoms with Gasteiger partial charge in [0.15, 0.2) is 0 Å². The molecule has 6 nitrogen and oxygen atoms in total. The highest BCUT2D eigenvalue weighted by Crippen LogP contribution is 2.42. The van der Waals surface area contributed by atoms with E-state index in [2.05, 4.69) is 5.16 Å². The van der Waals surface area contributed by atoms with Crippen LogP contribution in [0.4, 0.5) is 0 Å². The van der Waals surface area contributed by atoms with E-state index in [0.29, 0.717) is 16.8 Å². The van der Waals surface area contributed by atoms with E-state index in [1.54, 1.807) is 18.2 Å². The van der Waals surface area contributed by atoms with Crippen LogP contribution in [0.25, 0.3) is 22.4 Å². The second-order valence-electron chi connectivity index (χ2n) is 5.94. The third-order valence-electron chi connectivity index (χ3n) is 4.05. The summed E-state index contributed by atoms with van der Waals surface area (Å²) in [5.74, 6) is 0.175. The third-order valence-corrected chi connectivity index (χ3v) is 5.02. The third kappa shape index (κ3) is 3.63. The molecule has 1 unspecified atom stereocenters. The molecule has 0 spiro atoms. The van der Waals surface area contributed by atoms with E-state index in [9.17, 15) is 8.42 Å². The molecule has 0 aliphatic carbocycles. The fourth-order valence-corrected chi connectivity index (χ4v) is 3.32. The van der Waals surface area contributed by atoms with Crippen molar-refractivity contribution in [1.29, 1.82) is 0 Å². The number of hydrogen-bond donors (Lipinski definition) is 1. The van der Waals surface area contributed by atoms with Gasteiger partial charge in [0.05, 0.1) is 16.6 Å². The molecule has 0 aliphatic rings. The lowest BCUT2D eigenvalue weighted by Gasteiger charge is -2.13. The molecule has 0 amide bonds. The normalized spacial score (nSPS) is 12.7. The van der Waals surface area contributed by atoms with Gasteiger partial charge in [-0.15, -0.1) is 0 Å². The molecular formula is C19H20N2O4S. The first-order chi connectivity index (χ1) is 12.4. The van der Waals surface area contributed by atoms with Crippen molar-refractivity contribution in [3.05, 3.63) is 54.6 Å². The Labute approximate surface area is 152 Å². The van der Waals surface area contributed by atoms with Crippen LogP contribution in [0.5, 0.6) is 5.95 Å². The second-order valence-corrected chi connectivity index (χ2v) is 7.47. The highest BCUT2D eigenvalue weighted by molar-refractivity contribution is 7.89. The molecule has 2 N–H and O–H groups in total. The molecular weight excluding hydrogens is 352 g/mol. The van der Waals surface area contributed by atoms with Gasteiger partial charge in [0.1, 0.15) is 5.69 Å². The molecule has 0 radical (unpaired) electrons. The average molecular weight is 372 g/mol. The van der Waals surface area contributed by atoms with Crippen LogP contribution in [-0.4, -0.2) is 19.7 Å². The highest BCUT2D eigenvalue weighted by Gasteiger charge is 2.26. The minimum atomic E-state index is -3.93. The molecule has 0 saturated carbocycles. The number of ether oxygens (including phenoxy) is 1. The fourth-order valence-electron chi connectivity index (χ4n) is 2.57. The topological polar surface area (TPSA) is 95.4 Å². The van der Waals surface area contributed by atoms with Crippen LogP contribution in [0, 0.1) is 0 Å². The van der Waals surface area contributed by atoms with Gasteiger partial charge in [-0.25, -0.2) is 13.6 Å². The summed E-state index contributed by atoms with van der Waals surface area (Å²) in [5.41, 5.74) is 2.16. The van der Waals surface area contributed by atoms with Crippen molar-refractivity contribution in [2.45, 2.75) is 31.3 Å². The number of sulfonamides is 1. The highest BCUT2D eigenvalue weighted by atomic mass is 32.2.